The highest BCUT2D eigenvalue weighted by molar-refractivity contribution is 7.39. The molecule has 3 aliphatic heterocycles. The number of hydrogen-bond acceptors (Lipinski definition) is 9. The standard InChI is InChI=1S/C14H23O4P.C12H13N3O2/c1-13(2,3)9-8-12(18-19(16)17)10(7-11(9)15)14(4,5)6;16-9-7-8(13-1-2-13)12(17)11(15-5-6-15)10(9)14-3-4-14/h7-8,15-17H,1-6H3;7H,1-6H2. The van der Waals surface area contributed by atoms with Gasteiger partial charge in [0.05, 0.1) is 5.70 Å². The molecule has 0 spiro atoms. The van der Waals surface area contributed by atoms with Gasteiger partial charge in [-0.25, -0.2) is 0 Å². The van der Waals surface area contributed by atoms with E-state index in [1.165, 1.54) is 6.08 Å². The van der Waals surface area contributed by atoms with Crippen LogP contribution in [0.3, 0.4) is 0 Å². The number of benzene rings is 1. The summed E-state index contributed by atoms with van der Waals surface area (Å²) in [7, 11) is -2.48. The van der Waals surface area contributed by atoms with Crippen molar-refractivity contribution >= 4 is 20.2 Å². The van der Waals surface area contributed by atoms with Crippen molar-refractivity contribution in [3.05, 3.63) is 46.4 Å². The summed E-state index contributed by atoms with van der Waals surface area (Å²) in [5, 5.41) is 10.2. The number of carbonyl (C=O) groups is 2. The number of ketones is 2. The van der Waals surface area contributed by atoms with Crippen molar-refractivity contribution in [2.24, 2.45) is 0 Å². The largest absolute Gasteiger partial charge is 0.508 e. The van der Waals surface area contributed by atoms with Crippen molar-refractivity contribution in [1.29, 1.82) is 0 Å². The van der Waals surface area contributed by atoms with Crippen LogP contribution < -0.4 is 4.52 Å². The van der Waals surface area contributed by atoms with Crippen LogP contribution >= 0.6 is 8.60 Å². The summed E-state index contributed by atoms with van der Waals surface area (Å²) < 4.78 is 5.13. The third kappa shape index (κ3) is 5.85. The topological polar surface area (TPSA) is 113 Å². The molecule has 3 saturated heterocycles. The number of allylic oxidation sites excluding steroid dienone is 1. The molecule has 3 fully saturated rings. The van der Waals surface area contributed by atoms with Gasteiger partial charge in [0.2, 0.25) is 11.6 Å². The van der Waals surface area contributed by atoms with Crippen LogP contribution in [0, 0.1) is 0 Å². The Hall–Kier alpha value is -2.61. The lowest BCUT2D eigenvalue weighted by atomic mass is 9.81. The molecule has 4 aliphatic rings. The molecule has 0 saturated carbocycles. The zero-order chi connectivity index (χ0) is 26.6. The molecule has 1 aromatic rings. The van der Waals surface area contributed by atoms with E-state index in [2.05, 4.69) is 0 Å². The first-order valence-electron chi connectivity index (χ1n) is 12.2. The molecule has 0 amide bonds. The highest BCUT2D eigenvalue weighted by Crippen LogP contribution is 2.43. The Bertz CT molecular complexity index is 1130. The minimum absolute atomic E-state index is 0.00546. The minimum atomic E-state index is -2.48. The molecular formula is C26H36N3O6P. The Morgan fingerprint density at radius 2 is 1.28 bits per heavy atom. The van der Waals surface area contributed by atoms with E-state index in [4.69, 9.17) is 14.3 Å². The van der Waals surface area contributed by atoms with Crippen molar-refractivity contribution in [1.82, 2.24) is 14.7 Å². The lowest BCUT2D eigenvalue weighted by molar-refractivity contribution is -0.117. The molecular weight excluding hydrogens is 481 g/mol. The van der Waals surface area contributed by atoms with Crippen molar-refractivity contribution in [3.63, 3.8) is 0 Å². The molecule has 0 unspecified atom stereocenters. The predicted molar refractivity (Wildman–Crippen MR) is 137 cm³/mol. The Kier molecular flexibility index (Phi) is 6.88. The normalized spacial score (nSPS) is 19.4. The van der Waals surface area contributed by atoms with Crippen molar-refractivity contribution in [2.45, 2.75) is 52.4 Å². The molecule has 36 heavy (non-hydrogen) atoms. The van der Waals surface area contributed by atoms with Crippen LogP contribution in [0.2, 0.25) is 0 Å². The van der Waals surface area contributed by atoms with Gasteiger partial charge >= 0.3 is 8.60 Å². The summed E-state index contributed by atoms with van der Waals surface area (Å²) >= 11 is 0. The lowest BCUT2D eigenvalue weighted by Crippen LogP contribution is -2.29. The molecule has 0 aromatic heterocycles. The fourth-order valence-corrected chi connectivity index (χ4v) is 4.52. The summed E-state index contributed by atoms with van der Waals surface area (Å²) in [6.45, 7) is 17.3. The van der Waals surface area contributed by atoms with Crippen molar-refractivity contribution in [3.8, 4) is 11.5 Å². The molecule has 3 N–H and O–H groups in total. The predicted octanol–water partition coefficient (Wildman–Crippen LogP) is 2.76. The Labute approximate surface area is 213 Å². The first-order chi connectivity index (χ1) is 16.7. The number of phenolic OH excluding ortho intramolecular Hbond substituents is 1. The molecule has 196 valence electrons. The van der Waals surface area contributed by atoms with Crippen LogP contribution in [-0.2, 0) is 20.4 Å². The molecule has 0 radical (unpaired) electrons. The van der Waals surface area contributed by atoms with Gasteiger partial charge in [-0.3, -0.25) is 9.59 Å². The zero-order valence-corrected chi connectivity index (χ0v) is 22.7. The van der Waals surface area contributed by atoms with E-state index >= 15 is 0 Å². The number of hydrogen-bond donors (Lipinski definition) is 3. The van der Waals surface area contributed by atoms with Crippen LogP contribution in [0.4, 0.5) is 0 Å². The third-order valence-corrected chi connectivity index (χ3v) is 6.74. The fraction of sp³-hybridized carbons (Fsp3) is 0.538. The number of phenols is 1. The number of rotatable bonds is 5. The van der Waals surface area contributed by atoms with Crippen LogP contribution in [0.15, 0.2) is 35.3 Å². The van der Waals surface area contributed by atoms with E-state index in [1.807, 2.05) is 56.2 Å². The molecule has 10 heteroatoms. The summed E-state index contributed by atoms with van der Waals surface area (Å²) in [4.78, 5) is 48.7. The van der Waals surface area contributed by atoms with Gasteiger partial charge in [0.25, 0.3) is 0 Å². The minimum Gasteiger partial charge on any atom is -0.508 e. The van der Waals surface area contributed by atoms with Gasteiger partial charge < -0.3 is 34.1 Å². The van der Waals surface area contributed by atoms with Crippen LogP contribution in [-0.4, -0.2) is 80.4 Å². The van der Waals surface area contributed by atoms with E-state index in [-0.39, 0.29) is 28.1 Å². The number of aromatic hydroxyl groups is 1. The van der Waals surface area contributed by atoms with Crippen LogP contribution in [0.25, 0.3) is 0 Å². The molecule has 1 aromatic carbocycles. The Morgan fingerprint density at radius 1 is 0.778 bits per heavy atom. The Balaban J connectivity index is 0.000000169. The van der Waals surface area contributed by atoms with Gasteiger partial charge in [-0.15, -0.1) is 0 Å². The maximum atomic E-state index is 12.4. The average molecular weight is 518 g/mol. The molecule has 5 rings (SSSR count). The van der Waals surface area contributed by atoms with E-state index in [0.29, 0.717) is 28.4 Å². The van der Waals surface area contributed by atoms with E-state index in [1.54, 1.807) is 12.1 Å². The van der Waals surface area contributed by atoms with Gasteiger partial charge in [0.1, 0.15) is 22.9 Å². The monoisotopic (exact) mass is 517 g/mol. The average Bonchev–Trinajstić information content (AvgIpc) is 3.60. The summed E-state index contributed by atoms with van der Waals surface area (Å²) in [5.41, 5.74) is 2.82. The maximum Gasteiger partial charge on any atom is 0.391 e. The summed E-state index contributed by atoms with van der Waals surface area (Å²) in [6.07, 6.45) is 1.52. The first-order valence-corrected chi connectivity index (χ1v) is 13.4. The second-order valence-corrected chi connectivity index (χ2v) is 12.3. The number of Topliss-reactive ketones (excluding diaryl/α,β-unsaturated/α-hetero) is 1. The maximum absolute atomic E-state index is 12.4. The second kappa shape index (κ2) is 9.36. The van der Waals surface area contributed by atoms with Gasteiger partial charge in [-0.1, -0.05) is 41.5 Å². The van der Waals surface area contributed by atoms with E-state index < -0.39 is 8.60 Å². The van der Waals surface area contributed by atoms with Crippen LogP contribution in [0.1, 0.15) is 52.7 Å². The molecule has 0 atom stereocenters. The smallest absolute Gasteiger partial charge is 0.391 e. The number of nitrogens with zero attached hydrogens (tertiary/aromatic N) is 3. The molecule has 1 aliphatic carbocycles. The van der Waals surface area contributed by atoms with Gasteiger partial charge in [-0.2, -0.15) is 0 Å². The highest BCUT2D eigenvalue weighted by Gasteiger charge is 2.43. The van der Waals surface area contributed by atoms with E-state index in [9.17, 15) is 14.7 Å². The molecule has 0 bridgehead atoms. The third-order valence-electron chi connectivity index (χ3n) is 6.38. The lowest BCUT2D eigenvalue weighted by Gasteiger charge is -2.27. The SMILES string of the molecule is CC(C)(C)c1cc(OP(O)O)c(C(C)(C)C)cc1O.O=C1C=C(N2CC2)C(=O)C(N2CC2)=C1N1CC1. The van der Waals surface area contributed by atoms with Gasteiger partial charge in [0.15, 0.2) is 0 Å². The first kappa shape index (κ1) is 26.5. The number of carbonyl (C=O) groups excluding carboxylic acids is 2. The van der Waals surface area contributed by atoms with Crippen molar-refractivity contribution in [2.75, 3.05) is 39.3 Å². The van der Waals surface area contributed by atoms with E-state index in [0.717, 1.165) is 44.8 Å². The molecule has 9 nitrogen and oxygen atoms in total. The second-order valence-electron chi connectivity index (χ2n) is 11.6. The van der Waals surface area contributed by atoms with Gasteiger partial charge in [-0.05, 0) is 23.0 Å². The van der Waals surface area contributed by atoms with Gasteiger partial charge in [0, 0.05) is 56.5 Å². The Morgan fingerprint density at radius 3 is 1.72 bits per heavy atom. The van der Waals surface area contributed by atoms with Crippen LogP contribution in [0.5, 0.6) is 11.5 Å². The van der Waals surface area contributed by atoms with Crippen molar-refractivity contribution < 1.29 is 29.0 Å². The molecule has 3 heterocycles. The summed E-state index contributed by atoms with van der Waals surface area (Å²) in [5.74, 6) is 0.656. The quantitative estimate of drug-likeness (QED) is 0.308. The summed E-state index contributed by atoms with van der Waals surface area (Å²) in [6, 6.07) is 3.34. The highest BCUT2D eigenvalue weighted by atomic mass is 31.2. The zero-order valence-electron chi connectivity index (χ0n) is 21.8. The fourth-order valence-electron chi connectivity index (χ4n) is 4.19.